The van der Waals surface area contributed by atoms with Gasteiger partial charge in [-0.05, 0) is 43.5 Å². The topological polar surface area (TPSA) is 55.1 Å². The quantitative estimate of drug-likeness (QED) is 0.893. The fourth-order valence-electron chi connectivity index (χ4n) is 1.69. The number of anilines is 1. The summed E-state index contributed by atoms with van der Waals surface area (Å²) in [6, 6.07) is 3.73. The Hall–Kier alpha value is -1.03. The van der Waals surface area contributed by atoms with E-state index in [9.17, 15) is 4.79 Å². The first-order valence-corrected chi connectivity index (χ1v) is 6.07. The van der Waals surface area contributed by atoms with E-state index < -0.39 is 0 Å². The lowest BCUT2D eigenvalue weighted by atomic mass is 10.1. The van der Waals surface area contributed by atoms with Crippen LogP contribution in [0, 0.1) is 13.8 Å². The molecule has 4 heteroatoms. The number of benzene rings is 1. The summed E-state index contributed by atoms with van der Waals surface area (Å²) in [6.07, 6.45) is 0.685. The number of halogens is 1. The van der Waals surface area contributed by atoms with Gasteiger partial charge in [-0.2, -0.15) is 0 Å². The zero-order chi connectivity index (χ0) is 12.3. The first-order chi connectivity index (χ1) is 7.45. The van der Waals surface area contributed by atoms with Crippen molar-refractivity contribution in [1.29, 1.82) is 0 Å². The second kappa shape index (κ2) is 5.34. The molecule has 0 heterocycles. The molecule has 1 unspecified atom stereocenters. The van der Waals surface area contributed by atoms with Gasteiger partial charge < -0.3 is 11.1 Å². The lowest BCUT2D eigenvalue weighted by molar-refractivity contribution is -0.118. The standard InChI is InChI=1S/C12H17BrN2O/c1-4-10(12(14)16)15-11-7(2)5-9(13)6-8(11)3/h5-6,10,15H,4H2,1-3H3,(H2,14,16). The molecule has 1 amide bonds. The molecule has 0 aromatic heterocycles. The summed E-state index contributed by atoms with van der Waals surface area (Å²) in [6.45, 7) is 5.95. The number of carbonyl (C=O) groups excluding carboxylic acids is 1. The fraction of sp³-hybridized carbons (Fsp3) is 0.417. The second-order valence-electron chi connectivity index (χ2n) is 3.92. The molecule has 88 valence electrons. The van der Waals surface area contributed by atoms with Crippen LogP contribution in [0.2, 0.25) is 0 Å². The molecule has 0 saturated heterocycles. The van der Waals surface area contributed by atoms with Crippen molar-refractivity contribution in [3.63, 3.8) is 0 Å². The van der Waals surface area contributed by atoms with E-state index in [1.807, 2.05) is 32.9 Å². The van der Waals surface area contributed by atoms with Crippen molar-refractivity contribution >= 4 is 27.5 Å². The van der Waals surface area contributed by atoms with Crippen LogP contribution < -0.4 is 11.1 Å². The minimum Gasteiger partial charge on any atom is -0.373 e. The van der Waals surface area contributed by atoms with Crippen molar-refractivity contribution in [2.75, 3.05) is 5.32 Å². The molecule has 3 N–H and O–H groups in total. The predicted molar refractivity (Wildman–Crippen MR) is 70.5 cm³/mol. The highest BCUT2D eigenvalue weighted by atomic mass is 79.9. The number of nitrogens with one attached hydrogen (secondary N) is 1. The van der Waals surface area contributed by atoms with Gasteiger partial charge in [0.1, 0.15) is 6.04 Å². The Labute approximate surface area is 105 Å². The Morgan fingerprint density at radius 1 is 1.44 bits per heavy atom. The van der Waals surface area contributed by atoms with Crippen LogP contribution in [0.4, 0.5) is 5.69 Å². The Balaban J connectivity index is 3.01. The number of rotatable bonds is 4. The Kier molecular flexibility index (Phi) is 4.35. The number of hydrogen-bond donors (Lipinski definition) is 2. The molecule has 0 radical (unpaired) electrons. The van der Waals surface area contributed by atoms with Crippen molar-refractivity contribution in [1.82, 2.24) is 0 Å². The van der Waals surface area contributed by atoms with Crippen LogP contribution >= 0.6 is 15.9 Å². The maximum Gasteiger partial charge on any atom is 0.239 e. The number of aryl methyl sites for hydroxylation is 2. The van der Waals surface area contributed by atoms with E-state index in [0.29, 0.717) is 6.42 Å². The maximum absolute atomic E-state index is 11.2. The molecular formula is C12H17BrN2O. The van der Waals surface area contributed by atoms with Gasteiger partial charge in [0.2, 0.25) is 5.91 Å². The van der Waals surface area contributed by atoms with Crippen LogP contribution in [0.3, 0.4) is 0 Å². The van der Waals surface area contributed by atoms with Crippen LogP contribution in [0.25, 0.3) is 0 Å². The van der Waals surface area contributed by atoms with Gasteiger partial charge in [-0.1, -0.05) is 22.9 Å². The van der Waals surface area contributed by atoms with Crippen molar-refractivity contribution in [3.8, 4) is 0 Å². The van der Waals surface area contributed by atoms with Gasteiger partial charge in [-0.25, -0.2) is 0 Å². The number of carbonyl (C=O) groups is 1. The molecule has 0 aliphatic carbocycles. The van der Waals surface area contributed by atoms with Crippen LogP contribution in [0.15, 0.2) is 16.6 Å². The number of amides is 1. The summed E-state index contributed by atoms with van der Waals surface area (Å²) < 4.78 is 1.04. The van der Waals surface area contributed by atoms with Gasteiger partial charge in [0, 0.05) is 10.2 Å². The van der Waals surface area contributed by atoms with Gasteiger partial charge >= 0.3 is 0 Å². The van der Waals surface area contributed by atoms with Crippen molar-refractivity contribution in [2.24, 2.45) is 5.73 Å². The van der Waals surface area contributed by atoms with Gasteiger partial charge in [0.25, 0.3) is 0 Å². The van der Waals surface area contributed by atoms with Crippen LogP contribution in [-0.4, -0.2) is 11.9 Å². The van der Waals surface area contributed by atoms with Crippen LogP contribution in [-0.2, 0) is 4.79 Å². The summed E-state index contributed by atoms with van der Waals surface area (Å²) in [5.41, 5.74) is 8.52. The Morgan fingerprint density at radius 3 is 2.31 bits per heavy atom. The molecule has 0 fully saturated rings. The van der Waals surface area contributed by atoms with E-state index in [2.05, 4.69) is 21.2 Å². The first kappa shape index (κ1) is 13.0. The lowest BCUT2D eigenvalue weighted by Crippen LogP contribution is -2.35. The zero-order valence-electron chi connectivity index (χ0n) is 9.80. The number of hydrogen-bond acceptors (Lipinski definition) is 2. The van der Waals surface area contributed by atoms with E-state index in [0.717, 1.165) is 21.3 Å². The third-order valence-corrected chi connectivity index (χ3v) is 3.03. The van der Waals surface area contributed by atoms with Crippen LogP contribution in [0.1, 0.15) is 24.5 Å². The average molecular weight is 285 g/mol. The maximum atomic E-state index is 11.2. The highest BCUT2D eigenvalue weighted by molar-refractivity contribution is 9.10. The van der Waals surface area contributed by atoms with Crippen molar-refractivity contribution in [3.05, 3.63) is 27.7 Å². The molecule has 16 heavy (non-hydrogen) atoms. The Bertz CT molecular complexity index is 381. The molecule has 1 aromatic carbocycles. The average Bonchev–Trinajstić information content (AvgIpc) is 2.15. The summed E-state index contributed by atoms with van der Waals surface area (Å²) in [7, 11) is 0. The molecule has 1 atom stereocenters. The normalized spacial score (nSPS) is 12.2. The van der Waals surface area contributed by atoms with Crippen LogP contribution in [0.5, 0.6) is 0 Å². The molecule has 1 rings (SSSR count). The minimum atomic E-state index is -0.316. The fourth-order valence-corrected chi connectivity index (χ4v) is 2.37. The lowest BCUT2D eigenvalue weighted by Gasteiger charge is -2.19. The monoisotopic (exact) mass is 284 g/mol. The molecule has 0 saturated carbocycles. The smallest absolute Gasteiger partial charge is 0.239 e. The highest BCUT2D eigenvalue weighted by Gasteiger charge is 2.14. The molecule has 0 aliphatic rings. The SMILES string of the molecule is CCC(Nc1c(C)cc(Br)cc1C)C(N)=O. The van der Waals surface area contributed by atoms with Gasteiger partial charge in [0.05, 0.1) is 0 Å². The zero-order valence-corrected chi connectivity index (χ0v) is 11.4. The first-order valence-electron chi connectivity index (χ1n) is 5.28. The van der Waals surface area contributed by atoms with Gasteiger partial charge in [0.15, 0.2) is 0 Å². The predicted octanol–water partition coefficient (Wildman–Crippen LogP) is 2.74. The molecule has 0 bridgehead atoms. The summed E-state index contributed by atoms with van der Waals surface area (Å²) in [5.74, 6) is -0.316. The summed E-state index contributed by atoms with van der Waals surface area (Å²) in [4.78, 5) is 11.2. The van der Waals surface area contributed by atoms with E-state index in [-0.39, 0.29) is 11.9 Å². The Morgan fingerprint density at radius 2 is 1.94 bits per heavy atom. The second-order valence-corrected chi connectivity index (χ2v) is 4.84. The minimum absolute atomic E-state index is 0.307. The van der Waals surface area contributed by atoms with Crippen molar-refractivity contribution in [2.45, 2.75) is 33.2 Å². The third-order valence-electron chi connectivity index (χ3n) is 2.57. The van der Waals surface area contributed by atoms with E-state index >= 15 is 0 Å². The van der Waals surface area contributed by atoms with E-state index in [4.69, 9.17) is 5.73 Å². The number of primary amides is 1. The molecule has 0 aliphatic heterocycles. The van der Waals surface area contributed by atoms with Gasteiger partial charge in [-0.3, -0.25) is 4.79 Å². The molecular weight excluding hydrogens is 268 g/mol. The molecule has 0 spiro atoms. The summed E-state index contributed by atoms with van der Waals surface area (Å²) >= 11 is 3.44. The van der Waals surface area contributed by atoms with E-state index in [1.54, 1.807) is 0 Å². The third kappa shape index (κ3) is 2.98. The van der Waals surface area contributed by atoms with Crippen molar-refractivity contribution < 1.29 is 4.79 Å². The van der Waals surface area contributed by atoms with Gasteiger partial charge in [-0.15, -0.1) is 0 Å². The molecule has 3 nitrogen and oxygen atoms in total. The highest BCUT2D eigenvalue weighted by Crippen LogP contribution is 2.25. The summed E-state index contributed by atoms with van der Waals surface area (Å²) in [5, 5.41) is 3.20. The largest absolute Gasteiger partial charge is 0.373 e. The number of nitrogens with two attached hydrogens (primary N) is 1. The van der Waals surface area contributed by atoms with E-state index in [1.165, 1.54) is 0 Å². The molecule has 1 aromatic rings.